The van der Waals surface area contributed by atoms with Crippen molar-refractivity contribution in [2.75, 3.05) is 11.6 Å². The Kier molecular flexibility index (Phi) is 3.54. The van der Waals surface area contributed by atoms with E-state index in [4.69, 9.17) is 0 Å². The van der Waals surface area contributed by atoms with E-state index in [2.05, 4.69) is 15.3 Å². The lowest BCUT2D eigenvalue weighted by Gasteiger charge is -2.09. The maximum Gasteiger partial charge on any atom is 0.175 e. The van der Waals surface area contributed by atoms with Crippen LogP contribution in [0.25, 0.3) is 10.9 Å². The van der Waals surface area contributed by atoms with Crippen molar-refractivity contribution in [3.63, 3.8) is 0 Å². The second-order valence-corrected chi connectivity index (χ2v) is 7.18. The fourth-order valence-electron chi connectivity index (χ4n) is 2.14. The van der Waals surface area contributed by atoms with E-state index in [9.17, 15) is 8.42 Å². The summed E-state index contributed by atoms with van der Waals surface area (Å²) in [4.78, 5) is 8.66. The van der Waals surface area contributed by atoms with Crippen LogP contribution in [0, 0.1) is 6.92 Å². The minimum atomic E-state index is -3.27. The van der Waals surface area contributed by atoms with Gasteiger partial charge in [-0.2, -0.15) is 0 Å². The van der Waals surface area contributed by atoms with Gasteiger partial charge in [0.15, 0.2) is 9.84 Å². The van der Waals surface area contributed by atoms with Crippen molar-refractivity contribution in [1.29, 1.82) is 0 Å². The number of hydrogen-bond donors (Lipinski definition) is 1. The van der Waals surface area contributed by atoms with Crippen molar-refractivity contribution in [3.05, 3.63) is 54.4 Å². The van der Waals surface area contributed by atoms with Gasteiger partial charge in [-0.15, -0.1) is 0 Å². The molecule has 1 N–H and O–H groups in total. The number of fused-ring (bicyclic) bond motifs is 1. The van der Waals surface area contributed by atoms with E-state index >= 15 is 0 Å². The highest BCUT2D eigenvalue weighted by Crippen LogP contribution is 2.25. The van der Waals surface area contributed by atoms with Crippen molar-refractivity contribution in [3.8, 4) is 0 Å². The van der Waals surface area contributed by atoms with Gasteiger partial charge in [-0.25, -0.2) is 18.4 Å². The molecule has 1 aromatic heterocycles. The Bertz CT molecular complexity index is 935. The Morgan fingerprint density at radius 2 is 1.73 bits per heavy atom. The first-order valence-electron chi connectivity index (χ1n) is 6.72. The Morgan fingerprint density at radius 1 is 1.00 bits per heavy atom. The molecule has 0 fully saturated rings. The van der Waals surface area contributed by atoms with E-state index in [1.165, 1.54) is 12.6 Å². The smallest absolute Gasteiger partial charge is 0.175 e. The molecule has 0 aliphatic heterocycles. The molecule has 112 valence electrons. The first kappa shape index (κ1) is 14.5. The number of sulfone groups is 1. The molecule has 22 heavy (non-hydrogen) atoms. The lowest BCUT2D eigenvalue weighted by molar-refractivity contribution is 0.602. The summed E-state index contributed by atoms with van der Waals surface area (Å²) < 4.78 is 23.4. The van der Waals surface area contributed by atoms with Gasteiger partial charge < -0.3 is 5.32 Å². The first-order chi connectivity index (χ1) is 10.4. The fourth-order valence-corrected chi connectivity index (χ4v) is 2.79. The standard InChI is InChI=1S/C16H15N3O2S/c1-11-3-5-12(6-4-11)19-16-14-9-13(22(2,20)21)7-8-15(14)17-10-18-16/h3-10H,1-2H3,(H,17,18,19). The second kappa shape index (κ2) is 5.38. The minimum Gasteiger partial charge on any atom is -0.340 e. The highest BCUT2D eigenvalue weighted by atomic mass is 32.2. The van der Waals surface area contributed by atoms with Crippen molar-refractivity contribution in [2.24, 2.45) is 0 Å². The van der Waals surface area contributed by atoms with E-state index < -0.39 is 9.84 Å². The third-order valence-corrected chi connectivity index (χ3v) is 4.46. The zero-order chi connectivity index (χ0) is 15.7. The average molecular weight is 313 g/mol. The molecule has 0 radical (unpaired) electrons. The summed E-state index contributed by atoms with van der Waals surface area (Å²) in [6.07, 6.45) is 2.64. The largest absolute Gasteiger partial charge is 0.340 e. The van der Waals surface area contributed by atoms with Gasteiger partial charge in [0.05, 0.1) is 10.4 Å². The number of nitrogens with zero attached hydrogens (tertiary/aromatic N) is 2. The molecule has 0 bridgehead atoms. The summed E-state index contributed by atoms with van der Waals surface area (Å²) >= 11 is 0. The summed E-state index contributed by atoms with van der Waals surface area (Å²) in [6, 6.07) is 12.7. The Labute approximate surface area is 129 Å². The van der Waals surface area contributed by atoms with E-state index in [0.29, 0.717) is 16.7 Å². The Morgan fingerprint density at radius 3 is 2.41 bits per heavy atom. The summed E-state index contributed by atoms with van der Waals surface area (Å²) in [6.45, 7) is 2.02. The molecular weight excluding hydrogens is 298 g/mol. The van der Waals surface area contributed by atoms with Crippen LogP contribution in [0.2, 0.25) is 0 Å². The molecular formula is C16H15N3O2S. The highest BCUT2D eigenvalue weighted by Gasteiger charge is 2.11. The maximum absolute atomic E-state index is 11.7. The topological polar surface area (TPSA) is 72.0 Å². The fraction of sp³-hybridized carbons (Fsp3) is 0.125. The van der Waals surface area contributed by atoms with Gasteiger partial charge in [-0.3, -0.25) is 0 Å². The lowest BCUT2D eigenvalue weighted by atomic mass is 10.2. The summed E-state index contributed by atoms with van der Waals surface area (Å²) in [7, 11) is -3.27. The van der Waals surface area contributed by atoms with Gasteiger partial charge >= 0.3 is 0 Å². The van der Waals surface area contributed by atoms with Crippen LogP contribution in [0.3, 0.4) is 0 Å². The number of aromatic nitrogens is 2. The molecule has 5 nitrogen and oxygen atoms in total. The van der Waals surface area contributed by atoms with Crippen molar-refractivity contribution >= 4 is 32.2 Å². The molecule has 0 saturated heterocycles. The normalized spacial score (nSPS) is 11.5. The van der Waals surface area contributed by atoms with Gasteiger partial charge in [-0.05, 0) is 37.3 Å². The van der Waals surface area contributed by atoms with E-state index in [0.717, 1.165) is 11.3 Å². The molecule has 3 rings (SSSR count). The summed E-state index contributed by atoms with van der Waals surface area (Å²) in [5.41, 5.74) is 2.74. The van der Waals surface area contributed by atoms with Crippen LogP contribution in [0.4, 0.5) is 11.5 Å². The van der Waals surface area contributed by atoms with E-state index in [-0.39, 0.29) is 4.90 Å². The van der Waals surface area contributed by atoms with Gasteiger partial charge in [0, 0.05) is 17.3 Å². The number of benzene rings is 2. The zero-order valence-electron chi connectivity index (χ0n) is 12.2. The van der Waals surface area contributed by atoms with E-state index in [1.807, 2.05) is 31.2 Å². The van der Waals surface area contributed by atoms with Crippen LogP contribution in [0.15, 0.2) is 53.7 Å². The molecule has 0 unspecified atom stereocenters. The molecule has 1 heterocycles. The third-order valence-electron chi connectivity index (χ3n) is 3.35. The summed E-state index contributed by atoms with van der Waals surface area (Å²) in [5, 5.41) is 3.88. The molecule has 6 heteroatoms. The molecule has 2 aromatic carbocycles. The molecule has 0 aliphatic rings. The van der Waals surface area contributed by atoms with Gasteiger partial charge in [0.25, 0.3) is 0 Å². The SMILES string of the molecule is Cc1ccc(Nc2ncnc3ccc(S(C)(=O)=O)cc23)cc1. The maximum atomic E-state index is 11.7. The minimum absolute atomic E-state index is 0.252. The first-order valence-corrected chi connectivity index (χ1v) is 8.61. The molecule has 3 aromatic rings. The predicted molar refractivity (Wildman–Crippen MR) is 87.1 cm³/mol. The number of aryl methyl sites for hydroxylation is 1. The van der Waals surface area contributed by atoms with Crippen molar-refractivity contribution in [1.82, 2.24) is 9.97 Å². The monoisotopic (exact) mass is 313 g/mol. The van der Waals surface area contributed by atoms with Crippen LogP contribution in [0.5, 0.6) is 0 Å². The number of rotatable bonds is 3. The van der Waals surface area contributed by atoms with Crippen LogP contribution < -0.4 is 5.32 Å². The van der Waals surface area contributed by atoms with Gasteiger partial charge in [0.2, 0.25) is 0 Å². The molecule has 0 saturated carbocycles. The molecule has 0 amide bonds. The summed E-state index contributed by atoms with van der Waals surface area (Å²) in [5.74, 6) is 0.583. The Hall–Kier alpha value is -2.47. The second-order valence-electron chi connectivity index (χ2n) is 5.16. The highest BCUT2D eigenvalue weighted by molar-refractivity contribution is 7.90. The quantitative estimate of drug-likeness (QED) is 0.804. The third kappa shape index (κ3) is 2.92. The molecule has 0 atom stereocenters. The van der Waals surface area contributed by atoms with E-state index in [1.54, 1.807) is 18.2 Å². The number of anilines is 2. The number of hydrogen-bond acceptors (Lipinski definition) is 5. The molecule has 0 aliphatic carbocycles. The number of nitrogens with one attached hydrogen (secondary N) is 1. The van der Waals surface area contributed by atoms with Crippen LogP contribution in [-0.2, 0) is 9.84 Å². The van der Waals surface area contributed by atoms with Gasteiger partial charge in [-0.1, -0.05) is 17.7 Å². The van der Waals surface area contributed by atoms with Crippen LogP contribution >= 0.6 is 0 Å². The Balaban J connectivity index is 2.10. The lowest BCUT2D eigenvalue weighted by Crippen LogP contribution is -2.00. The van der Waals surface area contributed by atoms with Gasteiger partial charge in [0.1, 0.15) is 12.1 Å². The average Bonchev–Trinajstić information content (AvgIpc) is 2.48. The zero-order valence-corrected chi connectivity index (χ0v) is 13.1. The van der Waals surface area contributed by atoms with Crippen LogP contribution in [-0.4, -0.2) is 24.6 Å². The molecule has 0 spiro atoms. The van der Waals surface area contributed by atoms with Crippen molar-refractivity contribution < 1.29 is 8.42 Å². The predicted octanol–water partition coefficient (Wildman–Crippen LogP) is 3.09. The van der Waals surface area contributed by atoms with Crippen LogP contribution in [0.1, 0.15) is 5.56 Å². The van der Waals surface area contributed by atoms with Crippen molar-refractivity contribution in [2.45, 2.75) is 11.8 Å².